The molecule has 0 spiro atoms. The molecule has 0 aliphatic carbocycles. The molecular formula is C17H22N2O2. The van der Waals surface area contributed by atoms with E-state index in [1.807, 2.05) is 36.1 Å². The summed E-state index contributed by atoms with van der Waals surface area (Å²) in [4.78, 5) is 14.2. The summed E-state index contributed by atoms with van der Waals surface area (Å²) in [6.45, 7) is 4.25. The van der Waals surface area contributed by atoms with Crippen LogP contribution < -0.4 is 10.2 Å². The molecule has 4 nitrogen and oxygen atoms in total. The van der Waals surface area contributed by atoms with Crippen LogP contribution >= 0.6 is 0 Å². The predicted molar refractivity (Wildman–Crippen MR) is 86.7 cm³/mol. The van der Waals surface area contributed by atoms with Crippen molar-refractivity contribution >= 4 is 22.4 Å². The van der Waals surface area contributed by atoms with Gasteiger partial charge in [0.05, 0.1) is 18.8 Å². The number of likely N-dealkylation sites (N-methyl/N-ethyl adjacent to an activating group) is 1. The van der Waals surface area contributed by atoms with Crippen molar-refractivity contribution in [3.8, 4) is 0 Å². The Morgan fingerprint density at radius 3 is 2.71 bits per heavy atom. The van der Waals surface area contributed by atoms with Crippen molar-refractivity contribution in [2.75, 3.05) is 38.3 Å². The van der Waals surface area contributed by atoms with Gasteiger partial charge in [0.1, 0.15) is 0 Å². The summed E-state index contributed by atoms with van der Waals surface area (Å²) >= 11 is 0. The fourth-order valence-corrected chi connectivity index (χ4v) is 2.39. The minimum Gasteiger partial charge on any atom is -0.383 e. The van der Waals surface area contributed by atoms with E-state index in [1.165, 1.54) is 0 Å². The van der Waals surface area contributed by atoms with Crippen LogP contribution in [0.4, 0.5) is 5.69 Å². The molecule has 2 aromatic carbocycles. The zero-order valence-electron chi connectivity index (χ0n) is 12.6. The average molecular weight is 286 g/mol. The summed E-state index contributed by atoms with van der Waals surface area (Å²) in [5, 5.41) is 5.35. The first-order valence-electron chi connectivity index (χ1n) is 7.25. The van der Waals surface area contributed by atoms with Crippen LogP contribution in [0.25, 0.3) is 10.8 Å². The fourth-order valence-electron chi connectivity index (χ4n) is 2.39. The predicted octanol–water partition coefficient (Wildman–Crippen LogP) is 2.43. The number of anilines is 1. The van der Waals surface area contributed by atoms with Crippen molar-refractivity contribution in [3.05, 3.63) is 42.5 Å². The Bertz CT molecular complexity index is 593. The Balaban J connectivity index is 2.17. The maximum Gasteiger partial charge on any atom is 0.240 e. The molecule has 0 aliphatic rings. The number of carbonyl (C=O) groups excluding carboxylic acids is 1. The highest BCUT2D eigenvalue weighted by molar-refractivity contribution is 6.04. The van der Waals surface area contributed by atoms with Gasteiger partial charge in [0, 0.05) is 25.6 Å². The maximum absolute atomic E-state index is 12.4. The van der Waals surface area contributed by atoms with Gasteiger partial charge in [0.25, 0.3) is 0 Å². The molecule has 112 valence electrons. The van der Waals surface area contributed by atoms with E-state index in [1.54, 1.807) is 7.11 Å². The Labute approximate surface area is 125 Å². The number of carbonyl (C=O) groups is 1. The molecule has 0 atom stereocenters. The van der Waals surface area contributed by atoms with Gasteiger partial charge in [-0.25, -0.2) is 0 Å². The van der Waals surface area contributed by atoms with Crippen LogP contribution in [0.15, 0.2) is 42.5 Å². The minimum atomic E-state index is 0.0740. The minimum absolute atomic E-state index is 0.0740. The maximum atomic E-state index is 12.4. The van der Waals surface area contributed by atoms with E-state index < -0.39 is 0 Å². The molecule has 0 aromatic heterocycles. The van der Waals surface area contributed by atoms with Crippen LogP contribution in [0.1, 0.15) is 6.92 Å². The zero-order chi connectivity index (χ0) is 15.1. The second kappa shape index (κ2) is 7.76. The SMILES string of the molecule is CCN(C(=O)CNCCOC)c1cccc2ccccc12. The summed E-state index contributed by atoms with van der Waals surface area (Å²) in [6.07, 6.45) is 0. The van der Waals surface area contributed by atoms with Crippen LogP contribution in [0.3, 0.4) is 0 Å². The van der Waals surface area contributed by atoms with E-state index in [0.717, 1.165) is 16.5 Å². The first-order chi connectivity index (χ1) is 10.3. The summed E-state index contributed by atoms with van der Waals surface area (Å²) in [7, 11) is 1.65. The summed E-state index contributed by atoms with van der Waals surface area (Å²) in [5.41, 5.74) is 0.967. The zero-order valence-corrected chi connectivity index (χ0v) is 12.6. The monoisotopic (exact) mass is 286 g/mol. The molecule has 0 heterocycles. The van der Waals surface area contributed by atoms with Crippen LogP contribution in [0, 0.1) is 0 Å². The fraction of sp³-hybridized carbons (Fsp3) is 0.353. The third-order valence-corrected chi connectivity index (χ3v) is 3.43. The third kappa shape index (κ3) is 3.80. The lowest BCUT2D eigenvalue weighted by molar-refractivity contribution is -0.117. The van der Waals surface area contributed by atoms with Gasteiger partial charge >= 0.3 is 0 Å². The molecule has 21 heavy (non-hydrogen) atoms. The molecule has 0 saturated heterocycles. The lowest BCUT2D eigenvalue weighted by Crippen LogP contribution is -2.39. The largest absolute Gasteiger partial charge is 0.383 e. The Kier molecular flexibility index (Phi) is 5.72. The van der Waals surface area contributed by atoms with Crippen molar-refractivity contribution in [2.45, 2.75) is 6.92 Å². The van der Waals surface area contributed by atoms with Crippen LogP contribution in [0.2, 0.25) is 0 Å². The molecule has 1 N–H and O–H groups in total. The quantitative estimate of drug-likeness (QED) is 0.795. The van der Waals surface area contributed by atoms with E-state index in [4.69, 9.17) is 4.74 Å². The van der Waals surface area contributed by atoms with Gasteiger partial charge in [0.15, 0.2) is 0 Å². The highest BCUT2D eigenvalue weighted by atomic mass is 16.5. The first kappa shape index (κ1) is 15.5. The molecule has 1 amide bonds. The molecule has 0 bridgehead atoms. The molecular weight excluding hydrogens is 264 g/mol. The smallest absolute Gasteiger partial charge is 0.240 e. The number of amides is 1. The van der Waals surface area contributed by atoms with Crippen molar-refractivity contribution in [3.63, 3.8) is 0 Å². The molecule has 2 rings (SSSR count). The average Bonchev–Trinajstić information content (AvgIpc) is 2.52. The van der Waals surface area contributed by atoms with Crippen molar-refractivity contribution in [1.82, 2.24) is 5.32 Å². The van der Waals surface area contributed by atoms with Gasteiger partial charge in [-0.1, -0.05) is 36.4 Å². The molecule has 0 aliphatic heterocycles. The Hall–Kier alpha value is -1.91. The number of fused-ring (bicyclic) bond motifs is 1. The highest BCUT2D eigenvalue weighted by Gasteiger charge is 2.15. The van der Waals surface area contributed by atoms with Gasteiger partial charge in [-0.15, -0.1) is 0 Å². The lowest BCUT2D eigenvalue weighted by atomic mass is 10.1. The molecule has 0 unspecified atom stereocenters. The van der Waals surface area contributed by atoms with E-state index >= 15 is 0 Å². The molecule has 0 fully saturated rings. The third-order valence-electron chi connectivity index (χ3n) is 3.43. The van der Waals surface area contributed by atoms with E-state index in [2.05, 4.69) is 23.5 Å². The number of nitrogens with zero attached hydrogens (tertiary/aromatic N) is 1. The second-order valence-electron chi connectivity index (χ2n) is 4.81. The lowest BCUT2D eigenvalue weighted by Gasteiger charge is -2.23. The topological polar surface area (TPSA) is 41.6 Å². The van der Waals surface area contributed by atoms with Crippen molar-refractivity contribution < 1.29 is 9.53 Å². The van der Waals surface area contributed by atoms with Gasteiger partial charge < -0.3 is 15.0 Å². The summed E-state index contributed by atoms with van der Waals surface area (Å²) in [5.74, 6) is 0.0740. The van der Waals surface area contributed by atoms with Crippen LogP contribution in [-0.4, -0.2) is 39.3 Å². The van der Waals surface area contributed by atoms with Gasteiger partial charge in [-0.3, -0.25) is 4.79 Å². The van der Waals surface area contributed by atoms with Gasteiger partial charge in [-0.2, -0.15) is 0 Å². The first-order valence-corrected chi connectivity index (χ1v) is 7.25. The van der Waals surface area contributed by atoms with E-state index in [9.17, 15) is 4.79 Å². The number of methoxy groups -OCH3 is 1. The number of hydrogen-bond acceptors (Lipinski definition) is 3. The summed E-state index contributed by atoms with van der Waals surface area (Å²) in [6, 6.07) is 14.2. The highest BCUT2D eigenvalue weighted by Crippen LogP contribution is 2.26. The van der Waals surface area contributed by atoms with E-state index in [0.29, 0.717) is 26.2 Å². The van der Waals surface area contributed by atoms with Crippen molar-refractivity contribution in [1.29, 1.82) is 0 Å². The van der Waals surface area contributed by atoms with Gasteiger partial charge in [-0.05, 0) is 18.4 Å². The summed E-state index contributed by atoms with van der Waals surface area (Å²) < 4.78 is 4.97. The number of benzene rings is 2. The van der Waals surface area contributed by atoms with E-state index in [-0.39, 0.29) is 5.91 Å². The molecule has 0 saturated carbocycles. The Morgan fingerprint density at radius 1 is 1.19 bits per heavy atom. The van der Waals surface area contributed by atoms with Crippen molar-refractivity contribution in [2.24, 2.45) is 0 Å². The van der Waals surface area contributed by atoms with Crippen LogP contribution in [0.5, 0.6) is 0 Å². The number of nitrogens with one attached hydrogen (secondary N) is 1. The van der Waals surface area contributed by atoms with Gasteiger partial charge in [0.2, 0.25) is 5.91 Å². The molecule has 4 heteroatoms. The number of hydrogen-bond donors (Lipinski definition) is 1. The molecule has 0 radical (unpaired) electrons. The Morgan fingerprint density at radius 2 is 1.95 bits per heavy atom. The normalized spacial score (nSPS) is 10.8. The second-order valence-corrected chi connectivity index (χ2v) is 4.81. The molecule has 2 aromatic rings. The number of rotatable bonds is 7. The standard InChI is InChI=1S/C17H22N2O2/c1-3-19(17(20)13-18-11-12-21-2)16-10-6-8-14-7-4-5-9-15(14)16/h4-10,18H,3,11-13H2,1-2H3. The van der Waals surface area contributed by atoms with Crippen LogP contribution in [-0.2, 0) is 9.53 Å². The number of ether oxygens (including phenoxy) is 1.